The van der Waals surface area contributed by atoms with Gasteiger partial charge in [-0.1, -0.05) is 32.1 Å². The number of fused-ring (bicyclic) bond motifs is 5. The minimum absolute atomic E-state index is 0.0373. The Morgan fingerprint density at radius 3 is 2.74 bits per heavy atom. The Bertz CT molecular complexity index is 1110. The lowest BCUT2D eigenvalue weighted by atomic mass is 9.47. The van der Waals surface area contributed by atoms with Crippen LogP contribution in [0.4, 0.5) is 10.5 Å². The van der Waals surface area contributed by atoms with Crippen molar-refractivity contribution in [2.24, 2.45) is 34.5 Å². The van der Waals surface area contributed by atoms with E-state index in [1.807, 2.05) is 0 Å². The first kappa shape index (κ1) is 22.9. The molecule has 0 aromatic heterocycles. The Balaban J connectivity index is 1.51. The molecular weight excluding hydrogens is 430 g/mol. The maximum absolute atomic E-state index is 13.0. The summed E-state index contributed by atoms with van der Waals surface area (Å²) in [5, 5.41) is 12.5. The number of rotatable bonds is 3. The summed E-state index contributed by atoms with van der Waals surface area (Å²) in [4.78, 5) is 37.8. The van der Waals surface area contributed by atoms with Crippen LogP contribution in [0.3, 0.4) is 0 Å². The Kier molecular flexibility index (Phi) is 5.45. The van der Waals surface area contributed by atoms with Gasteiger partial charge in [0.15, 0.2) is 5.78 Å². The maximum atomic E-state index is 13.0. The molecule has 1 amide bonds. The molecule has 0 saturated heterocycles. The monoisotopic (exact) mass is 463 g/mol. The fourth-order valence-electron chi connectivity index (χ4n) is 7.74. The molecule has 0 spiro atoms. The number of nitrogens with one attached hydrogen (secondary N) is 1. The molecule has 0 bridgehead atoms. The summed E-state index contributed by atoms with van der Waals surface area (Å²) >= 11 is 0. The molecule has 5 rings (SSSR count). The average Bonchev–Trinajstić information content (AvgIpc) is 3.11. The molecule has 6 heteroatoms. The van der Waals surface area contributed by atoms with E-state index in [0.29, 0.717) is 24.4 Å². The maximum Gasteiger partial charge on any atom is 0.411 e. The van der Waals surface area contributed by atoms with E-state index in [2.05, 4.69) is 31.3 Å². The van der Waals surface area contributed by atoms with Crippen LogP contribution >= 0.6 is 0 Å². The van der Waals surface area contributed by atoms with Crippen molar-refractivity contribution in [2.75, 3.05) is 5.32 Å². The number of carbonyl (C=O) groups is 3. The van der Waals surface area contributed by atoms with E-state index in [1.165, 1.54) is 6.07 Å². The van der Waals surface area contributed by atoms with E-state index in [-0.39, 0.29) is 45.9 Å². The molecule has 4 aliphatic carbocycles. The number of carbonyl (C=O) groups excluding carboxylic acids is 3. The van der Waals surface area contributed by atoms with Crippen LogP contribution in [-0.4, -0.2) is 28.9 Å². The second-order valence-corrected chi connectivity index (χ2v) is 11.1. The van der Waals surface area contributed by atoms with Crippen LogP contribution < -0.4 is 5.32 Å². The predicted octanol–water partition coefficient (Wildman–Crippen LogP) is 5.43. The molecule has 0 radical (unpaired) electrons. The van der Waals surface area contributed by atoms with Crippen molar-refractivity contribution in [1.29, 1.82) is 0 Å². The highest BCUT2D eigenvalue weighted by molar-refractivity contribution is 5.92. The Morgan fingerprint density at radius 2 is 2.00 bits per heavy atom. The van der Waals surface area contributed by atoms with Crippen LogP contribution in [0.2, 0.25) is 0 Å². The molecule has 7 atom stereocenters. The first-order valence-corrected chi connectivity index (χ1v) is 12.3. The molecule has 34 heavy (non-hydrogen) atoms. The number of amides is 1. The van der Waals surface area contributed by atoms with Crippen LogP contribution in [0, 0.1) is 34.5 Å². The number of phenols is 1. The number of phenolic OH excluding ortho intramolecular Hbond substituents is 1. The number of allylic oxidation sites excluding steroid dienone is 4. The number of aromatic hydroxyl groups is 1. The standard InChI is InChI=1S/C28H33NO5/c1-16(30)22-9-10-23-21-8-7-17-13-20(32)11-12-27(17,2)25(21)24(15-28(22,23)3)34-26(33)29-18-5-4-6-19(31)14-18/h4-8,13-14,21-25,31H,9-12,15H2,1-3H3,(H,29,33)/t21-,22+,23-,24-,25-,27+,28+/m0/s1. The molecule has 6 nitrogen and oxygen atoms in total. The summed E-state index contributed by atoms with van der Waals surface area (Å²) in [7, 11) is 0. The van der Waals surface area contributed by atoms with Gasteiger partial charge in [0.2, 0.25) is 0 Å². The smallest absolute Gasteiger partial charge is 0.411 e. The first-order valence-electron chi connectivity index (χ1n) is 12.3. The zero-order chi connectivity index (χ0) is 24.3. The van der Waals surface area contributed by atoms with E-state index < -0.39 is 12.2 Å². The van der Waals surface area contributed by atoms with Crippen molar-refractivity contribution in [3.05, 3.63) is 48.1 Å². The summed E-state index contributed by atoms with van der Waals surface area (Å²) in [6, 6.07) is 6.37. The lowest BCUT2D eigenvalue weighted by Gasteiger charge is -2.58. The molecule has 2 N–H and O–H groups in total. The van der Waals surface area contributed by atoms with Crippen molar-refractivity contribution >= 4 is 23.3 Å². The van der Waals surface area contributed by atoms with Gasteiger partial charge in [-0.2, -0.15) is 0 Å². The third kappa shape index (κ3) is 3.58. The molecule has 0 aliphatic heterocycles. The van der Waals surface area contributed by atoms with Crippen molar-refractivity contribution in [1.82, 2.24) is 0 Å². The lowest BCUT2D eigenvalue weighted by Crippen LogP contribution is -2.57. The molecule has 0 unspecified atom stereocenters. The Morgan fingerprint density at radius 1 is 1.21 bits per heavy atom. The number of Topliss-reactive ketones (excluding diaryl/α,β-unsaturated/α-hetero) is 1. The van der Waals surface area contributed by atoms with Gasteiger partial charge in [-0.15, -0.1) is 0 Å². The van der Waals surface area contributed by atoms with Crippen molar-refractivity contribution < 1.29 is 24.2 Å². The van der Waals surface area contributed by atoms with Gasteiger partial charge in [0.25, 0.3) is 0 Å². The van der Waals surface area contributed by atoms with Gasteiger partial charge in [-0.05, 0) is 79.1 Å². The molecule has 4 aliphatic rings. The number of anilines is 1. The summed E-state index contributed by atoms with van der Waals surface area (Å²) in [6.07, 6.45) is 8.84. The lowest BCUT2D eigenvalue weighted by molar-refractivity contribution is -0.134. The first-order chi connectivity index (χ1) is 16.1. The third-order valence-electron chi connectivity index (χ3n) is 9.27. The van der Waals surface area contributed by atoms with E-state index in [4.69, 9.17) is 4.74 Å². The number of hydrogen-bond acceptors (Lipinski definition) is 5. The zero-order valence-electron chi connectivity index (χ0n) is 20.0. The zero-order valence-corrected chi connectivity index (χ0v) is 20.0. The minimum atomic E-state index is -0.565. The van der Waals surface area contributed by atoms with E-state index in [1.54, 1.807) is 31.2 Å². The molecule has 0 heterocycles. The van der Waals surface area contributed by atoms with E-state index >= 15 is 0 Å². The number of hydrogen-bond donors (Lipinski definition) is 2. The summed E-state index contributed by atoms with van der Waals surface area (Å²) in [5.74, 6) is 0.937. The van der Waals surface area contributed by atoms with Crippen LogP contribution in [0.25, 0.3) is 0 Å². The van der Waals surface area contributed by atoms with E-state index in [9.17, 15) is 19.5 Å². The van der Waals surface area contributed by atoms with Crippen LogP contribution in [0.1, 0.15) is 52.9 Å². The number of benzene rings is 1. The Hall–Kier alpha value is -2.89. The highest BCUT2D eigenvalue weighted by atomic mass is 16.6. The normalized spacial score (nSPS) is 38.3. The van der Waals surface area contributed by atoms with Gasteiger partial charge in [-0.25, -0.2) is 4.79 Å². The minimum Gasteiger partial charge on any atom is -0.508 e. The second-order valence-electron chi connectivity index (χ2n) is 11.1. The van der Waals surface area contributed by atoms with Gasteiger partial charge >= 0.3 is 6.09 Å². The molecule has 1 aromatic carbocycles. The summed E-state index contributed by atoms with van der Waals surface area (Å²) < 4.78 is 6.16. The summed E-state index contributed by atoms with van der Waals surface area (Å²) in [5.41, 5.74) is 0.980. The number of ketones is 2. The molecule has 2 fully saturated rings. The highest BCUT2D eigenvalue weighted by Gasteiger charge is 2.63. The predicted molar refractivity (Wildman–Crippen MR) is 128 cm³/mol. The molecular formula is C28H33NO5. The fraction of sp³-hybridized carbons (Fsp3) is 0.536. The number of ether oxygens (including phenoxy) is 1. The van der Waals surface area contributed by atoms with Crippen LogP contribution in [0.15, 0.2) is 48.1 Å². The highest BCUT2D eigenvalue weighted by Crippen LogP contribution is 2.65. The van der Waals surface area contributed by atoms with Crippen molar-refractivity contribution in [3.63, 3.8) is 0 Å². The van der Waals surface area contributed by atoms with Crippen LogP contribution in [-0.2, 0) is 14.3 Å². The Labute approximate surface area is 200 Å². The van der Waals surface area contributed by atoms with E-state index in [0.717, 1.165) is 24.8 Å². The second kappa shape index (κ2) is 8.10. The molecule has 180 valence electrons. The average molecular weight is 464 g/mol. The van der Waals surface area contributed by atoms with Crippen LogP contribution in [0.5, 0.6) is 5.75 Å². The van der Waals surface area contributed by atoms with Gasteiger partial charge in [0.1, 0.15) is 17.6 Å². The topological polar surface area (TPSA) is 92.7 Å². The molecule has 2 saturated carbocycles. The van der Waals surface area contributed by atoms with Gasteiger partial charge in [0.05, 0.1) is 0 Å². The fourth-order valence-corrected chi connectivity index (χ4v) is 7.74. The van der Waals surface area contributed by atoms with Crippen molar-refractivity contribution in [2.45, 2.75) is 59.0 Å². The molecule has 1 aromatic rings. The quantitative estimate of drug-likeness (QED) is 0.623. The largest absolute Gasteiger partial charge is 0.508 e. The summed E-state index contributed by atoms with van der Waals surface area (Å²) in [6.45, 7) is 6.08. The van der Waals surface area contributed by atoms with Crippen molar-refractivity contribution in [3.8, 4) is 5.75 Å². The van der Waals surface area contributed by atoms with Gasteiger partial charge in [-0.3, -0.25) is 14.9 Å². The van der Waals surface area contributed by atoms with Gasteiger partial charge < -0.3 is 9.84 Å². The third-order valence-corrected chi connectivity index (χ3v) is 9.27. The van der Waals surface area contributed by atoms with Gasteiger partial charge in [0, 0.05) is 30.0 Å². The SMILES string of the molecule is CC(=O)[C@H]1CC[C@H]2[C@@H]3C=CC4=CC(=O)CC[C@@]4(C)[C@@H]3[C@@H](OC(=O)Nc3cccc(O)c3)C[C@]12C.